The Morgan fingerprint density at radius 2 is 1.80 bits per heavy atom. The lowest BCUT2D eigenvalue weighted by molar-refractivity contribution is -0.128. The van der Waals surface area contributed by atoms with Crippen molar-refractivity contribution in [3.63, 3.8) is 0 Å². The summed E-state index contributed by atoms with van der Waals surface area (Å²) in [5.74, 6) is 0.436. The molecule has 0 spiro atoms. The van der Waals surface area contributed by atoms with Crippen LogP contribution in [-0.2, 0) is 4.79 Å². The van der Waals surface area contributed by atoms with Crippen LogP contribution in [0, 0.1) is 0 Å². The van der Waals surface area contributed by atoms with Crippen molar-refractivity contribution < 1.29 is 9.53 Å². The van der Waals surface area contributed by atoms with E-state index in [1.807, 2.05) is 42.5 Å². The van der Waals surface area contributed by atoms with Gasteiger partial charge in [0.15, 0.2) is 5.60 Å². The molecule has 1 fully saturated rings. The molecule has 1 N–H and O–H groups in total. The molecule has 0 aliphatic carbocycles. The van der Waals surface area contributed by atoms with E-state index in [0.29, 0.717) is 16.5 Å². The average molecular weight is 359 g/mol. The number of hydrogen-bond donors (Lipinski definition) is 1. The summed E-state index contributed by atoms with van der Waals surface area (Å²) in [6.07, 6.45) is 2.39. The highest BCUT2D eigenvalue weighted by atomic mass is 35.5. The third-order valence-electron chi connectivity index (χ3n) is 4.32. The molecule has 1 heterocycles. The van der Waals surface area contributed by atoms with E-state index in [0.717, 1.165) is 18.8 Å². The number of nitrogens with zero attached hydrogens (tertiary/aromatic N) is 1. The molecule has 5 heteroatoms. The van der Waals surface area contributed by atoms with Gasteiger partial charge >= 0.3 is 0 Å². The lowest BCUT2D eigenvalue weighted by Crippen LogP contribution is -2.42. The molecular weight excluding hydrogens is 336 g/mol. The van der Waals surface area contributed by atoms with Gasteiger partial charge in [-0.3, -0.25) is 4.79 Å². The Bertz CT molecular complexity index is 741. The molecule has 2 aromatic rings. The van der Waals surface area contributed by atoms with Crippen LogP contribution in [0.25, 0.3) is 0 Å². The summed E-state index contributed by atoms with van der Waals surface area (Å²) in [6.45, 7) is 5.55. The van der Waals surface area contributed by atoms with Crippen LogP contribution in [-0.4, -0.2) is 24.6 Å². The predicted molar refractivity (Wildman–Crippen MR) is 103 cm³/mol. The molecule has 25 heavy (non-hydrogen) atoms. The van der Waals surface area contributed by atoms with Crippen molar-refractivity contribution in [2.24, 2.45) is 0 Å². The highest BCUT2D eigenvalue weighted by molar-refractivity contribution is 6.33. The maximum atomic E-state index is 12.6. The van der Waals surface area contributed by atoms with Gasteiger partial charge in [0.05, 0.1) is 10.7 Å². The van der Waals surface area contributed by atoms with Gasteiger partial charge in [-0.25, -0.2) is 0 Å². The fourth-order valence-electron chi connectivity index (χ4n) is 2.91. The molecule has 1 saturated heterocycles. The van der Waals surface area contributed by atoms with Gasteiger partial charge in [-0.15, -0.1) is 0 Å². The summed E-state index contributed by atoms with van der Waals surface area (Å²) < 4.78 is 5.82. The fraction of sp³-hybridized carbons (Fsp3) is 0.350. The first-order valence-corrected chi connectivity index (χ1v) is 8.93. The van der Waals surface area contributed by atoms with Crippen LogP contribution in [0.4, 0.5) is 11.4 Å². The number of carbonyl (C=O) groups is 1. The second-order valence-electron chi connectivity index (χ2n) is 6.74. The molecule has 0 atom stereocenters. The van der Waals surface area contributed by atoms with E-state index in [2.05, 4.69) is 10.2 Å². The van der Waals surface area contributed by atoms with Gasteiger partial charge < -0.3 is 15.0 Å². The molecule has 0 bridgehead atoms. The summed E-state index contributed by atoms with van der Waals surface area (Å²) in [4.78, 5) is 14.9. The number of ether oxygens (including phenoxy) is 1. The zero-order valence-electron chi connectivity index (χ0n) is 14.6. The monoisotopic (exact) mass is 358 g/mol. The predicted octanol–water partition coefficient (Wildman–Crippen LogP) is 4.74. The largest absolute Gasteiger partial charge is 0.478 e. The molecule has 3 rings (SSSR count). The van der Waals surface area contributed by atoms with Crippen molar-refractivity contribution in [3.05, 3.63) is 53.6 Å². The molecule has 0 unspecified atom stereocenters. The standard InChI is InChI=1S/C20H23ClN2O2/c1-20(2,25-16-8-4-3-5-9-16)19(24)22-15-10-11-18(17(21)14-15)23-12-6-7-13-23/h3-5,8-11,14H,6-7,12-13H2,1-2H3,(H,22,24). The van der Waals surface area contributed by atoms with Crippen LogP contribution < -0.4 is 15.0 Å². The minimum absolute atomic E-state index is 0.221. The summed E-state index contributed by atoms with van der Waals surface area (Å²) in [5.41, 5.74) is 0.696. The van der Waals surface area contributed by atoms with Gasteiger partial charge in [0, 0.05) is 18.8 Å². The molecule has 0 saturated carbocycles. The average Bonchev–Trinajstić information content (AvgIpc) is 3.09. The number of carbonyl (C=O) groups excluding carboxylic acids is 1. The molecule has 1 aliphatic heterocycles. The lowest BCUT2D eigenvalue weighted by Gasteiger charge is -2.26. The first-order valence-electron chi connectivity index (χ1n) is 8.56. The first-order chi connectivity index (χ1) is 12.0. The molecular formula is C20H23ClN2O2. The van der Waals surface area contributed by atoms with Crippen LogP contribution >= 0.6 is 11.6 Å². The van der Waals surface area contributed by atoms with Crippen molar-refractivity contribution in [1.29, 1.82) is 0 Å². The molecule has 2 aromatic carbocycles. The Hall–Kier alpha value is -2.20. The maximum absolute atomic E-state index is 12.6. The van der Waals surface area contributed by atoms with Gasteiger partial charge in [-0.1, -0.05) is 29.8 Å². The topological polar surface area (TPSA) is 41.6 Å². The van der Waals surface area contributed by atoms with E-state index in [-0.39, 0.29) is 5.91 Å². The lowest BCUT2D eigenvalue weighted by atomic mass is 10.1. The van der Waals surface area contributed by atoms with E-state index in [1.165, 1.54) is 12.8 Å². The summed E-state index contributed by atoms with van der Waals surface area (Å²) in [5, 5.41) is 3.55. The highest BCUT2D eigenvalue weighted by Gasteiger charge is 2.30. The summed E-state index contributed by atoms with van der Waals surface area (Å²) in [7, 11) is 0. The Balaban J connectivity index is 1.68. The molecule has 1 amide bonds. The maximum Gasteiger partial charge on any atom is 0.267 e. The smallest absolute Gasteiger partial charge is 0.267 e. The molecule has 0 aromatic heterocycles. The van der Waals surface area contributed by atoms with Crippen molar-refractivity contribution in [2.45, 2.75) is 32.3 Å². The zero-order valence-corrected chi connectivity index (χ0v) is 15.3. The number of hydrogen-bond acceptors (Lipinski definition) is 3. The fourth-order valence-corrected chi connectivity index (χ4v) is 3.21. The molecule has 0 radical (unpaired) electrons. The van der Waals surface area contributed by atoms with E-state index < -0.39 is 5.60 Å². The zero-order chi connectivity index (χ0) is 17.9. The Morgan fingerprint density at radius 1 is 1.12 bits per heavy atom. The van der Waals surface area contributed by atoms with E-state index in [9.17, 15) is 4.79 Å². The number of anilines is 2. The minimum Gasteiger partial charge on any atom is -0.478 e. The van der Waals surface area contributed by atoms with Crippen LogP contribution in [0.5, 0.6) is 5.75 Å². The number of nitrogens with one attached hydrogen (secondary N) is 1. The van der Waals surface area contributed by atoms with Crippen molar-refractivity contribution in [1.82, 2.24) is 0 Å². The van der Waals surface area contributed by atoms with E-state index >= 15 is 0 Å². The van der Waals surface area contributed by atoms with Gasteiger partial charge in [0.2, 0.25) is 0 Å². The molecule has 132 valence electrons. The number of para-hydroxylation sites is 1. The van der Waals surface area contributed by atoms with Gasteiger partial charge in [0.25, 0.3) is 5.91 Å². The Kier molecular flexibility index (Phi) is 5.19. The van der Waals surface area contributed by atoms with Crippen molar-refractivity contribution >= 4 is 28.9 Å². The van der Waals surface area contributed by atoms with Crippen LogP contribution in [0.15, 0.2) is 48.5 Å². The number of rotatable bonds is 5. The highest BCUT2D eigenvalue weighted by Crippen LogP contribution is 2.31. The molecule has 4 nitrogen and oxygen atoms in total. The second-order valence-corrected chi connectivity index (χ2v) is 7.15. The van der Waals surface area contributed by atoms with Crippen LogP contribution in [0.2, 0.25) is 5.02 Å². The quantitative estimate of drug-likeness (QED) is 0.839. The van der Waals surface area contributed by atoms with Crippen molar-refractivity contribution in [3.8, 4) is 5.75 Å². The van der Waals surface area contributed by atoms with Gasteiger partial charge in [0.1, 0.15) is 5.75 Å². The first kappa shape index (κ1) is 17.6. The Morgan fingerprint density at radius 3 is 2.44 bits per heavy atom. The van der Waals surface area contributed by atoms with Gasteiger partial charge in [-0.05, 0) is 57.0 Å². The number of benzene rings is 2. The number of amides is 1. The summed E-state index contributed by atoms with van der Waals surface area (Å²) in [6, 6.07) is 15.0. The Labute approximate surface area is 153 Å². The van der Waals surface area contributed by atoms with Crippen LogP contribution in [0.3, 0.4) is 0 Å². The van der Waals surface area contributed by atoms with Crippen molar-refractivity contribution in [2.75, 3.05) is 23.3 Å². The molecule has 1 aliphatic rings. The number of halogens is 1. The minimum atomic E-state index is -0.999. The van der Waals surface area contributed by atoms with E-state index in [4.69, 9.17) is 16.3 Å². The van der Waals surface area contributed by atoms with Crippen LogP contribution in [0.1, 0.15) is 26.7 Å². The summed E-state index contributed by atoms with van der Waals surface area (Å²) >= 11 is 6.41. The van der Waals surface area contributed by atoms with Gasteiger partial charge in [-0.2, -0.15) is 0 Å². The normalized spacial score (nSPS) is 14.4. The SMILES string of the molecule is CC(C)(Oc1ccccc1)C(=O)Nc1ccc(N2CCCC2)c(Cl)c1. The third kappa shape index (κ3) is 4.26. The van der Waals surface area contributed by atoms with E-state index in [1.54, 1.807) is 19.9 Å². The third-order valence-corrected chi connectivity index (χ3v) is 4.62. The second kappa shape index (κ2) is 7.36.